The molecule has 0 radical (unpaired) electrons. The molecule has 0 amide bonds. The Balaban J connectivity index is 1.52. The van der Waals surface area contributed by atoms with Gasteiger partial charge in [-0.05, 0) is 37.0 Å². The van der Waals surface area contributed by atoms with Gasteiger partial charge in [-0.15, -0.1) is 0 Å². The number of ketones is 1. The normalized spacial score (nSPS) is 37.9. The highest BCUT2D eigenvalue weighted by Crippen LogP contribution is 2.64. The van der Waals surface area contributed by atoms with Crippen molar-refractivity contribution in [3.8, 4) is 0 Å². The van der Waals surface area contributed by atoms with Crippen LogP contribution in [0.3, 0.4) is 0 Å². The molecule has 3 heterocycles. The van der Waals surface area contributed by atoms with Crippen LogP contribution in [0.5, 0.6) is 0 Å². The van der Waals surface area contributed by atoms with E-state index in [9.17, 15) is 13.2 Å². The van der Waals surface area contributed by atoms with Crippen molar-refractivity contribution in [3.05, 3.63) is 23.8 Å². The Morgan fingerprint density at radius 1 is 1.23 bits per heavy atom. The molecule has 0 N–H and O–H groups in total. The SMILES string of the molecule is CC1(C)C2CCC1(CS(=O)(=O)N1C3CCC1c1cncnc1C3)C(=O)C2. The number of rotatable bonds is 3. The molecular weight excluding hydrogens is 350 g/mol. The molecule has 26 heavy (non-hydrogen) atoms. The summed E-state index contributed by atoms with van der Waals surface area (Å²) in [4.78, 5) is 21.3. The van der Waals surface area contributed by atoms with Gasteiger partial charge in [-0.25, -0.2) is 18.4 Å². The van der Waals surface area contributed by atoms with Crippen LogP contribution >= 0.6 is 0 Å². The van der Waals surface area contributed by atoms with Gasteiger partial charge in [0.1, 0.15) is 12.1 Å². The number of Topliss-reactive ketones (excluding diaryl/α,β-unsaturated/α-hetero) is 1. The maximum atomic E-state index is 13.6. The number of hydrogen-bond acceptors (Lipinski definition) is 5. The molecule has 1 aromatic heterocycles. The Hall–Kier alpha value is -1.34. The highest BCUT2D eigenvalue weighted by Gasteiger charge is 2.66. The van der Waals surface area contributed by atoms with Gasteiger partial charge in [0.15, 0.2) is 0 Å². The second kappa shape index (κ2) is 5.13. The zero-order valence-electron chi connectivity index (χ0n) is 15.3. The Morgan fingerprint density at radius 3 is 2.73 bits per heavy atom. The lowest BCUT2D eigenvalue weighted by atomic mass is 9.70. The van der Waals surface area contributed by atoms with E-state index in [0.717, 1.165) is 30.5 Å². The van der Waals surface area contributed by atoms with Crippen LogP contribution in [0.2, 0.25) is 0 Å². The van der Waals surface area contributed by atoms with Crippen LogP contribution in [0.25, 0.3) is 0 Å². The van der Waals surface area contributed by atoms with Gasteiger partial charge < -0.3 is 0 Å². The van der Waals surface area contributed by atoms with E-state index < -0.39 is 15.4 Å². The van der Waals surface area contributed by atoms with Gasteiger partial charge in [-0.1, -0.05) is 13.8 Å². The molecule has 4 aliphatic rings. The molecule has 3 fully saturated rings. The fraction of sp³-hybridized carbons (Fsp3) is 0.737. The Labute approximate surface area is 154 Å². The van der Waals surface area contributed by atoms with Crippen LogP contribution in [-0.2, 0) is 21.2 Å². The summed E-state index contributed by atoms with van der Waals surface area (Å²) in [5.41, 5.74) is 0.995. The van der Waals surface area contributed by atoms with Crippen molar-refractivity contribution in [2.24, 2.45) is 16.7 Å². The van der Waals surface area contributed by atoms with Gasteiger partial charge in [-0.2, -0.15) is 4.31 Å². The first kappa shape index (κ1) is 16.8. The van der Waals surface area contributed by atoms with E-state index in [0.29, 0.717) is 25.2 Å². The summed E-state index contributed by atoms with van der Waals surface area (Å²) in [5, 5.41) is 0. The molecule has 140 valence electrons. The van der Waals surface area contributed by atoms with Crippen molar-refractivity contribution in [1.29, 1.82) is 0 Å². The predicted molar refractivity (Wildman–Crippen MR) is 95.7 cm³/mol. The van der Waals surface area contributed by atoms with Crippen molar-refractivity contribution < 1.29 is 13.2 Å². The van der Waals surface area contributed by atoms with Crippen LogP contribution in [0.4, 0.5) is 0 Å². The van der Waals surface area contributed by atoms with Crippen molar-refractivity contribution >= 4 is 15.8 Å². The zero-order chi connectivity index (χ0) is 18.3. The first-order valence-corrected chi connectivity index (χ1v) is 11.2. The van der Waals surface area contributed by atoms with E-state index >= 15 is 0 Å². The number of nitrogens with zero attached hydrogens (tertiary/aromatic N) is 3. The van der Waals surface area contributed by atoms with Gasteiger partial charge in [0.25, 0.3) is 0 Å². The van der Waals surface area contributed by atoms with Crippen molar-refractivity contribution in [2.45, 2.75) is 64.5 Å². The number of fused-ring (bicyclic) bond motifs is 6. The number of carbonyl (C=O) groups is 1. The molecule has 4 atom stereocenters. The third-order valence-corrected chi connectivity index (χ3v) is 10.00. The second-order valence-electron chi connectivity index (χ2n) is 9.13. The fourth-order valence-electron chi connectivity index (χ4n) is 6.30. The highest BCUT2D eigenvalue weighted by molar-refractivity contribution is 7.89. The molecule has 1 aromatic rings. The van der Waals surface area contributed by atoms with E-state index in [2.05, 4.69) is 23.8 Å². The third kappa shape index (κ3) is 1.96. The lowest BCUT2D eigenvalue weighted by molar-refractivity contribution is -0.128. The average molecular weight is 375 g/mol. The summed E-state index contributed by atoms with van der Waals surface area (Å²) >= 11 is 0. The number of carbonyl (C=O) groups excluding carboxylic acids is 1. The molecule has 6 nitrogen and oxygen atoms in total. The minimum absolute atomic E-state index is 0.0272. The van der Waals surface area contributed by atoms with E-state index in [1.165, 1.54) is 0 Å². The Kier molecular flexibility index (Phi) is 3.32. The average Bonchev–Trinajstić information content (AvgIpc) is 3.10. The predicted octanol–water partition coefficient (Wildman–Crippen LogP) is 2.26. The van der Waals surface area contributed by atoms with Crippen molar-refractivity contribution in [1.82, 2.24) is 14.3 Å². The zero-order valence-corrected chi connectivity index (χ0v) is 16.1. The smallest absolute Gasteiger partial charge is 0.215 e. The van der Waals surface area contributed by atoms with Crippen LogP contribution < -0.4 is 0 Å². The third-order valence-electron chi connectivity index (χ3n) is 7.94. The van der Waals surface area contributed by atoms with Gasteiger partial charge >= 0.3 is 0 Å². The van der Waals surface area contributed by atoms with E-state index in [-0.39, 0.29) is 29.0 Å². The minimum atomic E-state index is -3.54. The lowest BCUT2D eigenvalue weighted by Gasteiger charge is -2.40. The highest BCUT2D eigenvalue weighted by atomic mass is 32.2. The quantitative estimate of drug-likeness (QED) is 0.810. The summed E-state index contributed by atoms with van der Waals surface area (Å²) in [6, 6.07) is -0.191. The standard InChI is InChI=1S/C19H25N3O3S/c1-18(2)12-5-6-19(18,17(23)7-12)10-26(24,25)22-13-3-4-16(22)14-9-20-11-21-15(14)8-13/h9,11-13,16H,3-8,10H2,1-2H3. The first-order chi connectivity index (χ1) is 12.3. The summed E-state index contributed by atoms with van der Waals surface area (Å²) in [6.45, 7) is 4.19. The summed E-state index contributed by atoms with van der Waals surface area (Å²) in [7, 11) is -3.54. The van der Waals surface area contributed by atoms with E-state index in [1.807, 2.05) is 0 Å². The Morgan fingerprint density at radius 2 is 2.04 bits per heavy atom. The van der Waals surface area contributed by atoms with Gasteiger partial charge in [0.05, 0.1) is 17.5 Å². The summed E-state index contributed by atoms with van der Waals surface area (Å²) in [6.07, 6.45) is 7.87. The first-order valence-electron chi connectivity index (χ1n) is 9.59. The van der Waals surface area contributed by atoms with Gasteiger partial charge in [0.2, 0.25) is 10.0 Å². The van der Waals surface area contributed by atoms with Crippen LogP contribution in [0, 0.1) is 16.7 Å². The molecule has 2 aliphatic carbocycles. The molecule has 2 aliphatic heterocycles. The molecule has 4 unspecified atom stereocenters. The van der Waals surface area contributed by atoms with Crippen LogP contribution in [-0.4, -0.2) is 40.3 Å². The molecule has 4 bridgehead atoms. The maximum Gasteiger partial charge on any atom is 0.215 e. The van der Waals surface area contributed by atoms with Crippen molar-refractivity contribution in [2.75, 3.05) is 5.75 Å². The fourth-order valence-corrected chi connectivity index (χ4v) is 8.99. The molecule has 7 heteroatoms. The monoisotopic (exact) mass is 375 g/mol. The molecule has 1 saturated heterocycles. The topological polar surface area (TPSA) is 80.2 Å². The van der Waals surface area contributed by atoms with Crippen LogP contribution in [0.15, 0.2) is 12.5 Å². The second-order valence-corrected chi connectivity index (χ2v) is 11.0. The lowest BCUT2D eigenvalue weighted by Crippen LogP contribution is -2.50. The molecule has 2 saturated carbocycles. The minimum Gasteiger partial charge on any atom is -0.299 e. The maximum absolute atomic E-state index is 13.6. The van der Waals surface area contributed by atoms with Gasteiger partial charge in [-0.3, -0.25) is 4.79 Å². The number of hydrogen-bond donors (Lipinski definition) is 0. The van der Waals surface area contributed by atoms with E-state index in [1.54, 1.807) is 16.8 Å². The molecule has 5 rings (SSSR count). The summed E-state index contributed by atoms with van der Waals surface area (Å²) < 4.78 is 28.8. The van der Waals surface area contributed by atoms with Crippen LogP contribution in [0.1, 0.15) is 63.3 Å². The number of sulfonamides is 1. The number of aromatic nitrogens is 2. The molecule has 0 aromatic carbocycles. The van der Waals surface area contributed by atoms with Gasteiger partial charge in [0, 0.05) is 36.1 Å². The molecular formula is C19H25N3O3S. The molecule has 0 spiro atoms. The van der Waals surface area contributed by atoms with Crippen molar-refractivity contribution in [3.63, 3.8) is 0 Å². The van der Waals surface area contributed by atoms with E-state index in [4.69, 9.17) is 0 Å². The Bertz CT molecular complexity index is 897. The largest absolute Gasteiger partial charge is 0.299 e. The summed E-state index contributed by atoms with van der Waals surface area (Å²) in [5.74, 6) is 0.464.